The lowest BCUT2D eigenvalue weighted by Gasteiger charge is -2.47. The fourth-order valence-corrected chi connectivity index (χ4v) is 6.71. The van der Waals surface area contributed by atoms with Crippen molar-refractivity contribution in [3.63, 3.8) is 0 Å². The minimum atomic E-state index is -0.0794. The van der Waals surface area contributed by atoms with Gasteiger partial charge in [-0.3, -0.25) is 14.8 Å². The number of fused-ring (bicyclic) bond motifs is 1. The molecule has 0 radical (unpaired) electrons. The maximum atomic E-state index is 10.1. The van der Waals surface area contributed by atoms with Gasteiger partial charge >= 0.3 is 0 Å². The summed E-state index contributed by atoms with van der Waals surface area (Å²) in [6.45, 7) is 10.8. The van der Waals surface area contributed by atoms with Crippen molar-refractivity contribution in [3.05, 3.63) is 59.9 Å². The van der Waals surface area contributed by atoms with E-state index in [1.807, 2.05) is 18.3 Å². The predicted octanol–water partition coefficient (Wildman–Crippen LogP) is 4.92. The average Bonchev–Trinajstić information content (AvgIpc) is 2.90. The lowest BCUT2D eigenvalue weighted by molar-refractivity contribution is 0.114. The Morgan fingerprint density at radius 1 is 1.05 bits per heavy atom. The largest absolute Gasteiger partial charge is 0.508 e. The summed E-state index contributed by atoms with van der Waals surface area (Å²) >= 11 is 0. The maximum Gasteiger partial charge on any atom is 0.115 e. The van der Waals surface area contributed by atoms with Crippen molar-refractivity contribution in [1.29, 1.82) is 0 Å². The molecule has 2 aromatic carbocycles. The van der Waals surface area contributed by atoms with Crippen LogP contribution < -0.4 is 10.2 Å². The quantitative estimate of drug-likeness (QED) is 0.462. The Kier molecular flexibility index (Phi) is 7.89. The molecule has 0 spiro atoms. The number of piperidine rings is 1. The highest BCUT2D eigenvalue weighted by molar-refractivity contribution is 5.79. The molecule has 2 fully saturated rings. The molecule has 0 aliphatic carbocycles. The summed E-state index contributed by atoms with van der Waals surface area (Å²) in [6.07, 6.45) is 6.20. The van der Waals surface area contributed by atoms with Crippen LogP contribution in [-0.2, 0) is 5.54 Å². The van der Waals surface area contributed by atoms with Crippen molar-refractivity contribution in [2.45, 2.75) is 70.1 Å². The Balaban J connectivity index is 1.38. The molecule has 3 aromatic rings. The van der Waals surface area contributed by atoms with Crippen LogP contribution in [-0.4, -0.2) is 77.2 Å². The fourth-order valence-electron chi connectivity index (χ4n) is 6.71. The van der Waals surface area contributed by atoms with Crippen LogP contribution in [0.3, 0.4) is 0 Å². The summed E-state index contributed by atoms with van der Waals surface area (Å²) in [4.78, 5) is 17.4. The zero-order valence-electron chi connectivity index (χ0n) is 23.7. The van der Waals surface area contributed by atoms with E-state index in [2.05, 4.69) is 79.1 Å². The molecule has 5 rings (SSSR count). The third-order valence-electron chi connectivity index (χ3n) is 8.67. The number of nitrogens with one attached hydrogen (secondary N) is 1. The fraction of sp³-hybridized carbons (Fsp3) is 0.548. The van der Waals surface area contributed by atoms with Crippen molar-refractivity contribution in [3.8, 4) is 5.75 Å². The first-order valence-corrected chi connectivity index (χ1v) is 14.3. The van der Waals surface area contributed by atoms with Gasteiger partial charge in [-0.2, -0.15) is 0 Å². The monoisotopic (exact) mass is 516 g/mol. The summed E-state index contributed by atoms with van der Waals surface area (Å²) in [7, 11) is 4.30. The van der Waals surface area contributed by atoms with Gasteiger partial charge in [0.05, 0.1) is 29.0 Å². The highest BCUT2D eigenvalue weighted by atomic mass is 16.3. The minimum absolute atomic E-state index is 0.0794. The van der Waals surface area contributed by atoms with E-state index in [9.17, 15) is 5.11 Å². The Hall–Kier alpha value is -2.74. The van der Waals surface area contributed by atoms with Gasteiger partial charge in [-0.25, -0.2) is 4.98 Å². The smallest absolute Gasteiger partial charge is 0.115 e. The van der Waals surface area contributed by atoms with Crippen LogP contribution in [0.2, 0.25) is 0 Å². The molecule has 2 aliphatic rings. The topological polar surface area (TPSA) is 67.8 Å². The average molecular weight is 517 g/mol. The number of nitrogens with zero attached hydrogens (tertiary/aromatic N) is 5. The SMILES string of the molecule is CCCC(c1cnc2ccc(N3CCC(c4cccc(O)c4)(N(C)C)CC3)cc2n1)N1C[C@@H](C)N[C@@H](C)C1. The van der Waals surface area contributed by atoms with Gasteiger partial charge in [-0.15, -0.1) is 0 Å². The number of aromatic nitrogens is 2. The summed E-state index contributed by atoms with van der Waals surface area (Å²) < 4.78 is 0. The number of phenols is 1. The van der Waals surface area contributed by atoms with Gasteiger partial charge in [-0.1, -0.05) is 25.5 Å². The Morgan fingerprint density at radius 3 is 2.45 bits per heavy atom. The van der Waals surface area contributed by atoms with E-state index in [0.717, 1.165) is 68.6 Å². The molecule has 38 heavy (non-hydrogen) atoms. The number of hydrogen-bond acceptors (Lipinski definition) is 7. The highest BCUT2D eigenvalue weighted by Gasteiger charge is 2.38. The van der Waals surface area contributed by atoms with Crippen LogP contribution in [0.25, 0.3) is 11.0 Å². The first kappa shape index (κ1) is 26.9. The second kappa shape index (κ2) is 11.2. The van der Waals surface area contributed by atoms with E-state index in [4.69, 9.17) is 9.97 Å². The summed E-state index contributed by atoms with van der Waals surface area (Å²) in [5.41, 5.74) is 5.35. The first-order valence-electron chi connectivity index (χ1n) is 14.3. The molecule has 204 valence electrons. The van der Waals surface area contributed by atoms with Gasteiger partial charge in [0, 0.05) is 49.5 Å². The van der Waals surface area contributed by atoms with Crippen molar-refractivity contribution >= 4 is 16.7 Å². The standard InChI is InChI=1S/C31H44N6O/c1-6-8-30(37-20-22(2)33-23(3)21-37)29-19-32-27-12-11-25(18-28(27)34-29)36-15-13-31(14-16-36,35(4)5)24-9-7-10-26(38)17-24/h7,9-12,17-19,22-23,30,33,38H,6,8,13-16,20-21H2,1-5H3/t22-,23+,30?. The predicted molar refractivity (Wildman–Crippen MR) is 156 cm³/mol. The van der Waals surface area contributed by atoms with Crippen LogP contribution in [0.4, 0.5) is 5.69 Å². The Bertz CT molecular complexity index is 1230. The molecule has 1 unspecified atom stereocenters. The molecule has 2 aliphatic heterocycles. The normalized spacial score (nSPS) is 23.2. The summed E-state index contributed by atoms with van der Waals surface area (Å²) in [6, 6.07) is 15.6. The molecule has 0 saturated carbocycles. The zero-order valence-corrected chi connectivity index (χ0v) is 23.7. The Labute approximate surface area is 227 Å². The van der Waals surface area contributed by atoms with E-state index in [-0.39, 0.29) is 5.54 Å². The van der Waals surface area contributed by atoms with Crippen LogP contribution in [0.5, 0.6) is 5.75 Å². The number of phenolic OH excluding ortho intramolecular Hbond substituents is 1. The van der Waals surface area contributed by atoms with Gasteiger partial charge in [0.1, 0.15) is 5.75 Å². The first-order chi connectivity index (χ1) is 18.3. The molecular formula is C31H44N6O. The number of piperazine rings is 1. The van der Waals surface area contributed by atoms with Gasteiger partial charge in [0.2, 0.25) is 0 Å². The molecule has 7 nitrogen and oxygen atoms in total. The van der Waals surface area contributed by atoms with Crippen molar-refractivity contribution in [1.82, 2.24) is 25.1 Å². The zero-order chi connectivity index (χ0) is 26.9. The van der Waals surface area contributed by atoms with Crippen molar-refractivity contribution in [2.75, 3.05) is 45.2 Å². The van der Waals surface area contributed by atoms with Gasteiger partial charge in [-0.05, 0) is 83.1 Å². The van der Waals surface area contributed by atoms with Crippen molar-refractivity contribution in [2.24, 2.45) is 0 Å². The van der Waals surface area contributed by atoms with E-state index in [1.54, 1.807) is 6.07 Å². The van der Waals surface area contributed by atoms with Crippen LogP contribution in [0, 0.1) is 0 Å². The molecule has 3 heterocycles. The van der Waals surface area contributed by atoms with Crippen LogP contribution in [0.1, 0.15) is 63.8 Å². The second-order valence-corrected chi connectivity index (χ2v) is 11.7. The van der Waals surface area contributed by atoms with Crippen LogP contribution >= 0.6 is 0 Å². The van der Waals surface area contributed by atoms with E-state index < -0.39 is 0 Å². The third kappa shape index (κ3) is 5.37. The molecule has 0 bridgehead atoms. The number of hydrogen-bond donors (Lipinski definition) is 2. The molecule has 0 amide bonds. The van der Waals surface area contributed by atoms with Gasteiger partial charge < -0.3 is 15.3 Å². The van der Waals surface area contributed by atoms with E-state index in [1.165, 1.54) is 11.3 Å². The second-order valence-electron chi connectivity index (χ2n) is 11.7. The number of anilines is 1. The molecule has 1 aromatic heterocycles. The lowest BCUT2D eigenvalue weighted by atomic mass is 9.79. The Morgan fingerprint density at radius 2 is 1.79 bits per heavy atom. The summed E-state index contributed by atoms with van der Waals surface area (Å²) in [5.74, 6) is 0.334. The van der Waals surface area contributed by atoms with Crippen LogP contribution in [0.15, 0.2) is 48.7 Å². The summed E-state index contributed by atoms with van der Waals surface area (Å²) in [5, 5.41) is 13.8. The molecule has 7 heteroatoms. The molecule has 2 N–H and O–H groups in total. The molecule has 2 saturated heterocycles. The number of benzene rings is 2. The minimum Gasteiger partial charge on any atom is -0.508 e. The third-order valence-corrected chi connectivity index (χ3v) is 8.67. The number of aromatic hydroxyl groups is 1. The lowest BCUT2D eigenvalue weighted by Crippen LogP contribution is -2.55. The van der Waals surface area contributed by atoms with Gasteiger partial charge in [0.15, 0.2) is 0 Å². The van der Waals surface area contributed by atoms with Gasteiger partial charge in [0.25, 0.3) is 0 Å². The van der Waals surface area contributed by atoms with Crippen molar-refractivity contribution < 1.29 is 5.11 Å². The van der Waals surface area contributed by atoms with E-state index in [0.29, 0.717) is 23.9 Å². The maximum absolute atomic E-state index is 10.1. The number of rotatable bonds is 7. The molecule has 3 atom stereocenters. The molecular weight excluding hydrogens is 472 g/mol. The highest BCUT2D eigenvalue weighted by Crippen LogP contribution is 2.40. The van der Waals surface area contributed by atoms with E-state index >= 15 is 0 Å².